The van der Waals surface area contributed by atoms with Gasteiger partial charge in [-0.25, -0.2) is 0 Å². The van der Waals surface area contributed by atoms with E-state index in [1.165, 1.54) is 35.6 Å². The van der Waals surface area contributed by atoms with Gasteiger partial charge in [0.25, 0.3) is 5.69 Å². The highest BCUT2D eigenvalue weighted by atomic mass is 32.1. The van der Waals surface area contributed by atoms with Crippen LogP contribution in [-0.4, -0.2) is 16.5 Å². The molecule has 0 bridgehead atoms. The summed E-state index contributed by atoms with van der Waals surface area (Å²) in [4.78, 5) is 35.0. The number of nitrogens with zero attached hydrogens (tertiary/aromatic N) is 1. The molecule has 0 spiro atoms. The molecule has 1 aromatic heterocycles. The third-order valence-corrected chi connectivity index (χ3v) is 3.74. The van der Waals surface area contributed by atoms with E-state index in [1.807, 2.05) is 0 Å². The van der Waals surface area contributed by atoms with Crippen LogP contribution in [0.4, 0.5) is 5.69 Å². The molecule has 0 amide bonds. The van der Waals surface area contributed by atoms with Crippen molar-refractivity contribution in [2.45, 2.75) is 0 Å². The Morgan fingerprint density at radius 3 is 2.56 bits per heavy atom. The minimum Gasteiger partial charge on any atom is -0.288 e. The number of rotatable bonds is 1. The summed E-state index contributed by atoms with van der Waals surface area (Å²) >= 11 is 1.17. The van der Waals surface area contributed by atoms with Gasteiger partial charge in [0.15, 0.2) is 0 Å². The molecule has 1 heterocycles. The fraction of sp³-hybridized carbons (Fsp3) is 0. The highest BCUT2D eigenvalue weighted by Crippen LogP contribution is 2.35. The Kier molecular flexibility index (Phi) is 2.14. The molecule has 0 fully saturated rings. The van der Waals surface area contributed by atoms with Gasteiger partial charge in [-0.15, -0.1) is 11.3 Å². The number of hydrogen-bond donors (Lipinski definition) is 0. The number of carbonyl (C=O) groups excluding carboxylic acids is 2. The maximum atomic E-state index is 12.2. The number of nitro groups is 1. The molecule has 1 aliphatic carbocycles. The summed E-state index contributed by atoms with van der Waals surface area (Å²) in [5, 5.41) is 12.6. The average molecular weight is 259 g/mol. The Hall–Kier alpha value is -2.34. The van der Waals surface area contributed by atoms with Crippen molar-refractivity contribution >= 4 is 28.6 Å². The molecule has 6 heteroatoms. The van der Waals surface area contributed by atoms with E-state index in [0.717, 1.165) is 0 Å². The summed E-state index contributed by atoms with van der Waals surface area (Å²) in [5.74, 6) is -0.772. The summed E-state index contributed by atoms with van der Waals surface area (Å²) in [6, 6.07) is 5.63. The average Bonchev–Trinajstić information content (AvgIpc) is 2.84. The molecule has 5 nitrogen and oxygen atoms in total. The molecular formula is C12H5NO4S. The van der Waals surface area contributed by atoms with E-state index >= 15 is 0 Å². The van der Waals surface area contributed by atoms with E-state index in [-0.39, 0.29) is 28.2 Å². The van der Waals surface area contributed by atoms with Gasteiger partial charge in [0.1, 0.15) is 5.56 Å². The lowest BCUT2D eigenvalue weighted by molar-refractivity contribution is -0.385. The van der Waals surface area contributed by atoms with Gasteiger partial charge >= 0.3 is 0 Å². The van der Waals surface area contributed by atoms with Crippen LogP contribution < -0.4 is 0 Å². The molecule has 1 aromatic carbocycles. The SMILES string of the molecule is O=C1c2cccc([N+](=O)[O-])c2C(=O)c2ccsc21. The molecule has 0 saturated carbocycles. The van der Waals surface area contributed by atoms with Crippen LogP contribution >= 0.6 is 11.3 Å². The number of fused-ring (bicyclic) bond motifs is 2. The van der Waals surface area contributed by atoms with Crippen LogP contribution in [0.15, 0.2) is 29.6 Å². The van der Waals surface area contributed by atoms with Crippen LogP contribution in [0.1, 0.15) is 31.2 Å². The van der Waals surface area contributed by atoms with Crippen molar-refractivity contribution in [1.82, 2.24) is 0 Å². The number of carbonyl (C=O) groups is 2. The van der Waals surface area contributed by atoms with E-state index in [9.17, 15) is 19.7 Å². The van der Waals surface area contributed by atoms with Gasteiger partial charge in [0.05, 0.1) is 9.80 Å². The maximum absolute atomic E-state index is 12.2. The number of thiophene rings is 1. The van der Waals surface area contributed by atoms with E-state index < -0.39 is 10.7 Å². The van der Waals surface area contributed by atoms with Crippen molar-refractivity contribution < 1.29 is 14.5 Å². The smallest absolute Gasteiger partial charge is 0.281 e. The summed E-state index contributed by atoms with van der Waals surface area (Å²) in [5.41, 5.74) is -0.0444. The Bertz CT molecular complexity index is 717. The minimum absolute atomic E-state index is 0.0987. The second-order valence-electron chi connectivity index (χ2n) is 3.78. The predicted octanol–water partition coefficient (Wildman–Crippen LogP) is 2.43. The van der Waals surface area contributed by atoms with Crippen molar-refractivity contribution in [1.29, 1.82) is 0 Å². The molecule has 1 aliphatic rings. The molecular weight excluding hydrogens is 254 g/mol. The van der Waals surface area contributed by atoms with Crippen molar-refractivity contribution in [2.75, 3.05) is 0 Å². The number of ketones is 2. The normalized spacial score (nSPS) is 13.1. The van der Waals surface area contributed by atoms with Crippen molar-refractivity contribution in [3.8, 4) is 0 Å². The van der Waals surface area contributed by atoms with Gasteiger partial charge < -0.3 is 0 Å². The predicted molar refractivity (Wildman–Crippen MR) is 64.3 cm³/mol. The summed E-state index contributed by atoms with van der Waals surface area (Å²) < 4.78 is 0. The molecule has 88 valence electrons. The first-order valence-electron chi connectivity index (χ1n) is 5.05. The lowest BCUT2D eigenvalue weighted by Gasteiger charge is -2.13. The summed E-state index contributed by atoms with van der Waals surface area (Å²) in [6.07, 6.45) is 0. The van der Waals surface area contributed by atoms with Crippen molar-refractivity contribution in [3.05, 3.63) is 61.3 Å². The Morgan fingerprint density at radius 1 is 1.06 bits per heavy atom. The van der Waals surface area contributed by atoms with Gasteiger partial charge in [0, 0.05) is 17.2 Å². The first kappa shape index (κ1) is 10.8. The Labute approximate surface area is 105 Å². The summed E-state index contributed by atoms with van der Waals surface area (Å²) in [7, 11) is 0. The molecule has 0 aliphatic heterocycles. The topological polar surface area (TPSA) is 77.3 Å². The van der Waals surface area contributed by atoms with Gasteiger partial charge in [0.2, 0.25) is 11.6 Å². The van der Waals surface area contributed by atoms with Crippen LogP contribution in [-0.2, 0) is 0 Å². The standard InChI is InChI=1S/C12H5NO4S/c14-10-7-4-5-18-12(7)11(15)6-2-1-3-8(9(6)10)13(16)17/h1-5H. The lowest BCUT2D eigenvalue weighted by Crippen LogP contribution is -2.20. The highest BCUT2D eigenvalue weighted by molar-refractivity contribution is 7.12. The zero-order chi connectivity index (χ0) is 12.9. The molecule has 18 heavy (non-hydrogen) atoms. The van der Waals surface area contributed by atoms with Crippen LogP contribution in [0.3, 0.4) is 0 Å². The minimum atomic E-state index is -0.638. The lowest BCUT2D eigenvalue weighted by atomic mass is 9.88. The van der Waals surface area contributed by atoms with Crippen LogP contribution in [0.2, 0.25) is 0 Å². The zero-order valence-corrected chi connectivity index (χ0v) is 9.69. The fourth-order valence-electron chi connectivity index (χ4n) is 2.04. The molecule has 0 unspecified atom stereocenters. The molecule has 0 atom stereocenters. The molecule has 2 aromatic rings. The van der Waals surface area contributed by atoms with Crippen molar-refractivity contribution in [2.24, 2.45) is 0 Å². The van der Waals surface area contributed by atoms with E-state index in [4.69, 9.17) is 0 Å². The molecule has 0 radical (unpaired) electrons. The second-order valence-corrected chi connectivity index (χ2v) is 4.69. The zero-order valence-electron chi connectivity index (χ0n) is 8.88. The monoisotopic (exact) mass is 259 g/mol. The number of nitro benzene ring substituents is 1. The third-order valence-electron chi connectivity index (χ3n) is 2.83. The van der Waals surface area contributed by atoms with Gasteiger partial charge in [-0.2, -0.15) is 0 Å². The third kappa shape index (κ3) is 1.26. The van der Waals surface area contributed by atoms with E-state index in [1.54, 1.807) is 5.38 Å². The summed E-state index contributed by atoms with van der Waals surface area (Å²) in [6.45, 7) is 0. The Balaban J connectivity index is 2.37. The van der Waals surface area contributed by atoms with E-state index in [2.05, 4.69) is 0 Å². The largest absolute Gasteiger partial charge is 0.288 e. The van der Waals surface area contributed by atoms with Crippen molar-refractivity contribution in [3.63, 3.8) is 0 Å². The molecule has 3 rings (SSSR count). The number of benzene rings is 1. The van der Waals surface area contributed by atoms with Gasteiger partial charge in [-0.3, -0.25) is 19.7 Å². The molecule has 0 N–H and O–H groups in total. The first-order valence-corrected chi connectivity index (χ1v) is 5.93. The van der Waals surface area contributed by atoms with Crippen LogP contribution in [0.25, 0.3) is 0 Å². The van der Waals surface area contributed by atoms with Gasteiger partial charge in [-0.05, 0) is 17.5 Å². The molecule has 0 saturated heterocycles. The maximum Gasteiger partial charge on any atom is 0.281 e. The highest BCUT2D eigenvalue weighted by Gasteiger charge is 2.35. The second kappa shape index (κ2) is 3.58. The van der Waals surface area contributed by atoms with Crippen LogP contribution in [0.5, 0.6) is 0 Å². The van der Waals surface area contributed by atoms with Gasteiger partial charge in [-0.1, -0.05) is 6.07 Å². The first-order chi connectivity index (χ1) is 8.61. The van der Waals surface area contributed by atoms with E-state index in [0.29, 0.717) is 4.88 Å². The Morgan fingerprint density at radius 2 is 1.83 bits per heavy atom. The number of hydrogen-bond acceptors (Lipinski definition) is 5. The quantitative estimate of drug-likeness (QED) is 0.496. The fourth-order valence-corrected chi connectivity index (χ4v) is 2.89. The van der Waals surface area contributed by atoms with Crippen LogP contribution in [0, 0.1) is 10.1 Å².